The zero-order valence-electron chi connectivity index (χ0n) is 12.4. The Bertz CT molecular complexity index is 602. The molecule has 1 aliphatic heterocycles. The number of ether oxygens (including phenoxy) is 2. The lowest BCUT2D eigenvalue weighted by molar-refractivity contribution is -0.247. The largest absolute Gasteiger partial charge is 0.377 e. The number of anilines is 1. The van der Waals surface area contributed by atoms with Crippen LogP contribution in [0.5, 0.6) is 0 Å². The third kappa shape index (κ3) is 3.20. The zero-order chi connectivity index (χ0) is 14.9. The van der Waals surface area contributed by atoms with Crippen molar-refractivity contribution in [3.05, 3.63) is 30.1 Å². The van der Waals surface area contributed by atoms with Gasteiger partial charge >= 0.3 is 0 Å². The summed E-state index contributed by atoms with van der Waals surface area (Å²) in [6.45, 7) is 7.13. The molecule has 1 aromatic heterocycles. The van der Waals surface area contributed by atoms with E-state index >= 15 is 0 Å². The summed E-state index contributed by atoms with van der Waals surface area (Å²) in [5.41, 5.74) is 3.09. The van der Waals surface area contributed by atoms with Crippen LogP contribution in [0.2, 0.25) is 0 Å². The molecule has 0 unspecified atom stereocenters. The molecule has 1 saturated heterocycles. The summed E-state index contributed by atoms with van der Waals surface area (Å²) in [5, 5.41) is 14.7. The number of rotatable bonds is 3. The van der Waals surface area contributed by atoms with E-state index < -0.39 is 5.79 Å². The van der Waals surface area contributed by atoms with E-state index in [1.807, 2.05) is 32.0 Å². The molecule has 0 atom stereocenters. The molecule has 0 saturated carbocycles. The molecule has 1 aromatic carbocycles. The van der Waals surface area contributed by atoms with Gasteiger partial charge in [0.05, 0.1) is 24.9 Å². The normalized spacial score (nSPS) is 18.6. The Morgan fingerprint density at radius 1 is 1.29 bits per heavy atom. The molecular formula is C14H19N5O2. The zero-order valence-corrected chi connectivity index (χ0v) is 12.4. The van der Waals surface area contributed by atoms with Crippen LogP contribution in [-0.2, 0) is 9.47 Å². The topological polar surface area (TPSA) is 74.1 Å². The van der Waals surface area contributed by atoms with Crippen LogP contribution < -0.4 is 5.32 Å². The van der Waals surface area contributed by atoms with E-state index in [-0.39, 0.29) is 6.04 Å². The van der Waals surface area contributed by atoms with Gasteiger partial charge in [-0.05, 0) is 48.9 Å². The van der Waals surface area contributed by atoms with Crippen LogP contribution in [0.3, 0.4) is 0 Å². The molecule has 7 nitrogen and oxygen atoms in total. The van der Waals surface area contributed by atoms with E-state index in [1.54, 1.807) is 11.0 Å². The molecule has 21 heavy (non-hydrogen) atoms. The quantitative estimate of drug-likeness (QED) is 0.923. The van der Waals surface area contributed by atoms with Gasteiger partial charge in [-0.15, -0.1) is 5.10 Å². The van der Waals surface area contributed by atoms with Gasteiger partial charge in [-0.2, -0.15) is 0 Å². The highest BCUT2D eigenvalue weighted by molar-refractivity contribution is 5.57. The number of aryl methyl sites for hydroxylation is 1. The van der Waals surface area contributed by atoms with Crippen molar-refractivity contribution < 1.29 is 9.47 Å². The number of hydrogen-bond donors (Lipinski definition) is 1. The van der Waals surface area contributed by atoms with Crippen LogP contribution in [0.25, 0.3) is 5.69 Å². The molecule has 0 aliphatic carbocycles. The van der Waals surface area contributed by atoms with Crippen LogP contribution >= 0.6 is 0 Å². The lowest BCUT2D eigenvalue weighted by Gasteiger charge is -2.35. The molecule has 1 fully saturated rings. The van der Waals surface area contributed by atoms with Crippen LogP contribution in [0, 0.1) is 6.92 Å². The number of tetrazole rings is 1. The Hall–Kier alpha value is -1.99. The van der Waals surface area contributed by atoms with Crippen LogP contribution in [-0.4, -0.2) is 45.2 Å². The monoisotopic (exact) mass is 289 g/mol. The van der Waals surface area contributed by atoms with Gasteiger partial charge in [-0.3, -0.25) is 0 Å². The molecule has 1 aliphatic rings. The molecule has 3 rings (SSSR count). The average molecular weight is 289 g/mol. The van der Waals surface area contributed by atoms with Gasteiger partial charge in [0, 0.05) is 5.69 Å². The summed E-state index contributed by atoms with van der Waals surface area (Å²) >= 11 is 0. The minimum atomic E-state index is -0.499. The highest BCUT2D eigenvalue weighted by atomic mass is 16.7. The van der Waals surface area contributed by atoms with Gasteiger partial charge in [0.1, 0.15) is 6.33 Å². The summed E-state index contributed by atoms with van der Waals surface area (Å²) < 4.78 is 13.0. The fourth-order valence-electron chi connectivity index (χ4n) is 2.18. The summed E-state index contributed by atoms with van der Waals surface area (Å²) in [5.74, 6) is -0.499. The van der Waals surface area contributed by atoms with Gasteiger partial charge in [-0.1, -0.05) is 6.07 Å². The van der Waals surface area contributed by atoms with Crippen LogP contribution in [0.4, 0.5) is 5.69 Å². The van der Waals surface area contributed by atoms with Crippen molar-refractivity contribution in [3.8, 4) is 5.69 Å². The van der Waals surface area contributed by atoms with Gasteiger partial charge in [0.2, 0.25) is 0 Å². The summed E-state index contributed by atoms with van der Waals surface area (Å²) in [4.78, 5) is 0. The standard InChI is InChI=1S/C14H19N5O2/c1-10-4-5-12(19-9-15-17-18-19)6-13(10)16-11-7-20-14(2,3)21-8-11/h4-6,9,11,16H,7-8H2,1-3H3. The Labute approximate surface area is 123 Å². The molecule has 112 valence electrons. The Morgan fingerprint density at radius 2 is 2.05 bits per heavy atom. The van der Waals surface area contributed by atoms with Crippen molar-refractivity contribution in [3.63, 3.8) is 0 Å². The molecule has 0 amide bonds. The highest BCUT2D eigenvalue weighted by Gasteiger charge is 2.28. The number of aromatic nitrogens is 4. The maximum atomic E-state index is 5.67. The Balaban J connectivity index is 1.75. The third-order valence-electron chi connectivity index (χ3n) is 3.46. The summed E-state index contributed by atoms with van der Waals surface area (Å²) in [7, 11) is 0. The van der Waals surface area contributed by atoms with Gasteiger partial charge in [0.25, 0.3) is 0 Å². The molecule has 0 spiro atoms. The SMILES string of the molecule is Cc1ccc(-n2cnnn2)cc1NC1COC(C)(C)OC1. The smallest absolute Gasteiger partial charge is 0.162 e. The minimum Gasteiger partial charge on any atom is -0.377 e. The first-order valence-corrected chi connectivity index (χ1v) is 6.92. The minimum absolute atomic E-state index is 0.126. The third-order valence-corrected chi connectivity index (χ3v) is 3.46. The number of nitrogens with one attached hydrogen (secondary N) is 1. The van der Waals surface area contributed by atoms with E-state index in [2.05, 4.69) is 27.8 Å². The predicted molar refractivity (Wildman–Crippen MR) is 77.3 cm³/mol. The van der Waals surface area contributed by atoms with E-state index in [0.717, 1.165) is 16.9 Å². The maximum Gasteiger partial charge on any atom is 0.162 e. The number of hydrogen-bond acceptors (Lipinski definition) is 6. The lowest BCUT2D eigenvalue weighted by atomic mass is 10.1. The first-order chi connectivity index (χ1) is 10.0. The van der Waals surface area contributed by atoms with E-state index in [9.17, 15) is 0 Å². The molecule has 2 aromatic rings. The predicted octanol–water partition coefficient (Wildman–Crippen LogP) is 1.53. The summed E-state index contributed by atoms with van der Waals surface area (Å²) in [6.07, 6.45) is 1.57. The second kappa shape index (κ2) is 5.42. The molecular weight excluding hydrogens is 270 g/mol. The second-order valence-corrected chi connectivity index (χ2v) is 5.62. The Kier molecular flexibility index (Phi) is 3.60. The molecule has 0 bridgehead atoms. The first kappa shape index (κ1) is 14.0. The molecule has 7 heteroatoms. The second-order valence-electron chi connectivity index (χ2n) is 5.62. The highest BCUT2D eigenvalue weighted by Crippen LogP contribution is 2.23. The molecule has 0 radical (unpaired) electrons. The average Bonchev–Trinajstić information content (AvgIpc) is 2.97. The van der Waals surface area contributed by atoms with Crippen LogP contribution in [0.1, 0.15) is 19.4 Å². The first-order valence-electron chi connectivity index (χ1n) is 6.92. The van der Waals surface area contributed by atoms with Gasteiger partial charge in [-0.25, -0.2) is 4.68 Å². The van der Waals surface area contributed by atoms with E-state index in [0.29, 0.717) is 13.2 Å². The van der Waals surface area contributed by atoms with Crippen molar-refractivity contribution in [1.29, 1.82) is 0 Å². The van der Waals surface area contributed by atoms with Crippen molar-refractivity contribution in [2.45, 2.75) is 32.6 Å². The lowest BCUT2D eigenvalue weighted by Crippen LogP contribution is -2.45. The number of benzene rings is 1. The summed E-state index contributed by atoms with van der Waals surface area (Å²) in [6, 6.07) is 6.16. The maximum absolute atomic E-state index is 5.67. The van der Waals surface area contributed by atoms with E-state index in [4.69, 9.17) is 9.47 Å². The number of nitrogens with zero attached hydrogens (tertiary/aromatic N) is 4. The molecule has 1 N–H and O–H groups in total. The van der Waals surface area contributed by atoms with Crippen molar-refractivity contribution in [2.24, 2.45) is 0 Å². The van der Waals surface area contributed by atoms with Gasteiger partial charge < -0.3 is 14.8 Å². The van der Waals surface area contributed by atoms with Crippen molar-refractivity contribution >= 4 is 5.69 Å². The van der Waals surface area contributed by atoms with Crippen molar-refractivity contribution in [1.82, 2.24) is 20.2 Å². The van der Waals surface area contributed by atoms with Gasteiger partial charge in [0.15, 0.2) is 5.79 Å². The fourth-order valence-corrected chi connectivity index (χ4v) is 2.18. The van der Waals surface area contributed by atoms with Crippen LogP contribution in [0.15, 0.2) is 24.5 Å². The molecule has 2 heterocycles. The fraction of sp³-hybridized carbons (Fsp3) is 0.500. The van der Waals surface area contributed by atoms with E-state index in [1.165, 1.54) is 0 Å². The van der Waals surface area contributed by atoms with Crippen molar-refractivity contribution in [2.75, 3.05) is 18.5 Å². The Morgan fingerprint density at radius 3 is 2.71 bits per heavy atom.